The molecule has 0 fully saturated rings. The molecule has 3 aromatic rings. The Morgan fingerprint density at radius 3 is 2.35 bits per heavy atom. The maximum absolute atomic E-state index is 12.9. The van der Waals surface area contributed by atoms with Crippen LogP contribution in [0.5, 0.6) is 0 Å². The number of benzene rings is 2. The molecule has 0 N–H and O–H groups in total. The van der Waals surface area contributed by atoms with E-state index in [2.05, 4.69) is 4.98 Å². The lowest BCUT2D eigenvalue weighted by Crippen LogP contribution is -2.08. The standard InChI is InChI=1S/C17H14FNO3S/c18-15-8-6-13(7-9-15)11-23(20,21)12-16-10-22-17(19-16)14-4-2-1-3-5-14/h1-10H,11-12H2. The summed E-state index contributed by atoms with van der Waals surface area (Å²) < 4.78 is 42.6. The van der Waals surface area contributed by atoms with E-state index in [9.17, 15) is 12.8 Å². The Morgan fingerprint density at radius 1 is 0.957 bits per heavy atom. The molecule has 0 aliphatic rings. The topological polar surface area (TPSA) is 60.2 Å². The van der Waals surface area contributed by atoms with Crippen LogP contribution in [0.4, 0.5) is 4.39 Å². The quantitative estimate of drug-likeness (QED) is 0.717. The highest BCUT2D eigenvalue weighted by Crippen LogP contribution is 2.20. The third-order valence-corrected chi connectivity index (χ3v) is 4.75. The summed E-state index contributed by atoms with van der Waals surface area (Å²) in [6.07, 6.45) is 1.35. The number of aromatic nitrogens is 1. The van der Waals surface area contributed by atoms with Crippen LogP contribution in [-0.4, -0.2) is 13.4 Å². The summed E-state index contributed by atoms with van der Waals surface area (Å²) in [6.45, 7) is 0. The summed E-state index contributed by atoms with van der Waals surface area (Å²) in [6, 6.07) is 14.7. The molecular formula is C17H14FNO3S. The average molecular weight is 331 g/mol. The van der Waals surface area contributed by atoms with Gasteiger partial charge in [0.25, 0.3) is 0 Å². The molecule has 4 nitrogen and oxygen atoms in total. The van der Waals surface area contributed by atoms with E-state index in [1.54, 1.807) is 0 Å². The first kappa shape index (κ1) is 15.4. The average Bonchev–Trinajstić information content (AvgIpc) is 2.98. The van der Waals surface area contributed by atoms with Crippen molar-refractivity contribution in [3.63, 3.8) is 0 Å². The molecule has 0 atom stereocenters. The third kappa shape index (κ3) is 4.04. The fourth-order valence-corrected chi connectivity index (χ4v) is 3.58. The summed E-state index contributed by atoms with van der Waals surface area (Å²) >= 11 is 0. The molecule has 2 aromatic carbocycles. The van der Waals surface area contributed by atoms with Gasteiger partial charge < -0.3 is 4.42 Å². The van der Waals surface area contributed by atoms with Gasteiger partial charge in [-0.2, -0.15) is 0 Å². The molecule has 23 heavy (non-hydrogen) atoms. The second-order valence-corrected chi connectivity index (χ2v) is 7.23. The van der Waals surface area contributed by atoms with Crippen LogP contribution >= 0.6 is 0 Å². The normalized spacial score (nSPS) is 11.5. The highest BCUT2D eigenvalue weighted by Gasteiger charge is 2.17. The Bertz CT molecular complexity index is 887. The van der Waals surface area contributed by atoms with Crippen molar-refractivity contribution in [1.29, 1.82) is 0 Å². The predicted molar refractivity (Wildman–Crippen MR) is 84.7 cm³/mol. The molecule has 0 saturated heterocycles. The van der Waals surface area contributed by atoms with E-state index in [4.69, 9.17) is 4.42 Å². The number of hydrogen-bond donors (Lipinski definition) is 0. The van der Waals surface area contributed by atoms with Crippen LogP contribution in [0.15, 0.2) is 65.3 Å². The van der Waals surface area contributed by atoms with E-state index in [0.29, 0.717) is 17.1 Å². The maximum atomic E-state index is 12.9. The fraction of sp³-hybridized carbons (Fsp3) is 0.118. The number of sulfone groups is 1. The van der Waals surface area contributed by atoms with E-state index in [1.165, 1.54) is 30.5 Å². The Morgan fingerprint density at radius 2 is 1.65 bits per heavy atom. The van der Waals surface area contributed by atoms with Gasteiger partial charge in [0.15, 0.2) is 9.84 Å². The molecule has 0 unspecified atom stereocenters. The van der Waals surface area contributed by atoms with Crippen molar-refractivity contribution in [1.82, 2.24) is 4.98 Å². The third-order valence-electron chi connectivity index (χ3n) is 3.24. The zero-order chi connectivity index (χ0) is 16.3. The SMILES string of the molecule is O=S(=O)(Cc1ccc(F)cc1)Cc1coc(-c2ccccc2)n1. The largest absolute Gasteiger partial charge is 0.444 e. The zero-order valence-corrected chi connectivity index (χ0v) is 13.0. The molecule has 0 saturated carbocycles. The molecule has 6 heteroatoms. The lowest BCUT2D eigenvalue weighted by molar-refractivity contribution is 0.571. The summed E-state index contributed by atoms with van der Waals surface area (Å²) in [4.78, 5) is 4.22. The van der Waals surface area contributed by atoms with Gasteiger partial charge in [0.1, 0.15) is 12.1 Å². The van der Waals surface area contributed by atoms with Gasteiger partial charge in [0, 0.05) is 5.56 Å². The minimum absolute atomic E-state index is 0.166. The van der Waals surface area contributed by atoms with Gasteiger partial charge in [-0.3, -0.25) is 0 Å². The highest BCUT2D eigenvalue weighted by atomic mass is 32.2. The summed E-state index contributed by atoms with van der Waals surface area (Å²) in [7, 11) is -3.41. The molecular weight excluding hydrogens is 317 g/mol. The molecule has 1 heterocycles. The van der Waals surface area contributed by atoms with Gasteiger partial charge in [-0.05, 0) is 29.8 Å². The van der Waals surface area contributed by atoms with Gasteiger partial charge in [-0.25, -0.2) is 17.8 Å². The highest BCUT2D eigenvalue weighted by molar-refractivity contribution is 7.89. The molecule has 0 aliphatic heterocycles. The predicted octanol–water partition coefficient (Wildman–Crippen LogP) is 3.60. The van der Waals surface area contributed by atoms with E-state index in [-0.39, 0.29) is 11.5 Å². The first-order valence-corrected chi connectivity index (χ1v) is 8.79. The molecule has 0 bridgehead atoms. The van der Waals surface area contributed by atoms with Crippen LogP contribution in [-0.2, 0) is 21.3 Å². The minimum Gasteiger partial charge on any atom is -0.444 e. The Labute approximate surface area is 133 Å². The molecule has 0 aliphatic carbocycles. The summed E-state index contributed by atoms with van der Waals surface area (Å²) in [5.41, 5.74) is 1.68. The van der Waals surface area contributed by atoms with Gasteiger partial charge in [-0.15, -0.1) is 0 Å². The number of rotatable bonds is 5. The zero-order valence-electron chi connectivity index (χ0n) is 12.1. The van der Waals surface area contributed by atoms with Crippen molar-refractivity contribution in [2.24, 2.45) is 0 Å². The van der Waals surface area contributed by atoms with E-state index in [0.717, 1.165) is 5.56 Å². The first-order valence-electron chi connectivity index (χ1n) is 6.96. The smallest absolute Gasteiger partial charge is 0.226 e. The molecule has 1 aromatic heterocycles. The van der Waals surface area contributed by atoms with Gasteiger partial charge in [-0.1, -0.05) is 30.3 Å². The molecule has 118 valence electrons. The molecule has 3 rings (SSSR count). The Balaban J connectivity index is 1.73. The van der Waals surface area contributed by atoms with Crippen LogP contribution in [0.2, 0.25) is 0 Å². The van der Waals surface area contributed by atoms with E-state index in [1.807, 2.05) is 30.3 Å². The van der Waals surface area contributed by atoms with Gasteiger partial charge in [0.05, 0.1) is 17.2 Å². The molecule has 0 amide bonds. The van der Waals surface area contributed by atoms with Crippen molar-refractivity contribution in [2.75, 3.05) is 0 Å². The van der Waals surface area contributed by atoms with E-state index >= 15 is 0 Å². The molecule has 0 spiro atoms. The van der Waals surface area contributed by atoms with Crippen molar-refractivity contribution in [3.05, 3.63) is 77.9 Å². The van der Waals surface area contributed by atoms with Crippen molar-refractivity contribution >= 4 is 9.84 Å². The lowest BCUT2D eigenvalue weighted by atomic mass is 10.2. The number of halogens is 1. The monoisotopic (exact) mass is 331 g/mol. The van der Waals surface area contributed by atoms with Crippen molar-refractivity contribution in [3.8, 4) is 11.5 Å². The number of nitrogens with zero attached hydrogens (tertiary/aromatic N) is 1. The summed E-state index contributed by atoms with van der Waals surface area (Å²) in [5.74, 6) is -0.394. The number of oxazole rings is 1. The number of hydrogen-bond acceptors (Lipinski definition) is 4. The Kier molecular flexibility index (Phi) is 4.25. The van der Waals surface area contributed by atoms with E-state index < -0.39 is 15.7 Å². The van der Waals surface area contributed by atoms with Crippen LogP contribution in [0.3, 0.4) is 0 Å². The second-order valence-electron chi connectivity index (χ2n) is 5.17. The first-order chi connectivity index (χ1) is 11.0. The van der Waals surface area contributed by atoms with Crippen molar-refractivity contribution < 1.29 is 17.2 Å². The fourth-order valence-electron chi connectivity index (χ4n) is 2.20. The van der Waals surface area contributed by atoms with Crippen LogP contribution < -0.4 is 0 Å². The summed E-state index contributed by atoms with van der Waals surface area (Å²) in [5, 5.41) is 0. The van der Waals surface area contributed by atoms with Crippen LogP contribution in [0.25, 0.3) is 11.5 Å². The van der Waals surface area contributed by atoms with Crippen LogP contribution in [0.1, 0.15) is 11.3 Å². The minimum atomic E-state index is -3.41. The van der Waals surface area contributed by atoms with Gasteiger partial charge >= 0.3 is 0 Å². The molecule has 0 radical (unpaired) electrons. The van der Waals surface area contributed by atoms with Gasteiger partial charge in [0.2, 0.25) is 5.89 Å². The maximum Gasteiger partial charge on any atom is 0.226 e. The second kappa shape index (κ2) is 6.34. The van der Waals surface area contributed by atoms with Crippen LogP contribution in [0, 0.1) is 5.82 Å². The lowest BCUT2D eigenvalue weighted by Gasteiger charge is -2.02. The van der Waals surface area contributed by atoms with Crippen molar-refractivity contribution in [2.45, 2.75) is 11.5 Å². The Hall–Kier alpha value is -2.47.